The molecule has 0 unspecified atom stereocenters. The summed E-state index contributed by atoms with van der Waals surface area (Å²) in [5.74, 6) is -0.234. The molecular formula is C10H22ClN3O2. The predicted octanol–water partition coefficient (Wildman–Crippen LogP) is 0.000700. The summed E-state index contributed by atoms with van der Waals surface area (Å²) in [6.45, 7) is 7.03. The summed E-state index contributed by atoms with van der Waals surface area (Å²) in [4.78, 5) is 23.6. The molecule has 0 fully saturated rings. The molecule has 0 bridgehead atoms. The molecule has 0 saturated carbocycles. The minimum atomic E-state index is -0.127. The van der Waals surface area contributed by atoms with Crippen molar-refractivity contribution in [2.24, 2.45) is 0 Å². The Hall–Kier alpha value is -0.810. The highest BCUT2D eigenvalue weighted by atomic mass is 35.5. The van der Waals surface area contributed by atoms with Gasteiger partial charge in [-0.1, -0.05) is 6.92 Å². The van der Waals surface area contributed by atoms with E-state index < -0.39 is 0 Å². The van der Waals surface area contributed by atoms with E-state index in [1.165, 1.54) is 11.8 Å². The quantitative estimate of drug-likeness (QED) is 0.699. The maximum absolute atomic E-state index is 11.3. The molecule has 2 amide bonds. The number of halogens is 1. The second-order valence-corrected chi connectivity index (χ2v) is 3.64. The molecule has 0 radical (unpaired) electrons. The van der Waals surface area contributed by atoms with Gasteiger partial charge in [0.1, 0.15) is 0 Å². The second-order valence-electron chi connectivity index (χ2n) is 3.64. The van der Waals surface area contributed by atoms with Gasteiger partial charge in [0.25, 0.3) is 0 Å². The van der Waals surface area contributed by atoms with Gasteiger partial charge in [0.05, 0.1) is 6.54 Å². The molecule has 0 aliphatic rings. The zero-order valence-corrected chi connectivity index (χ0v) is 11.2. The number of hydrogen-bond acceptors (Lipinski definition) is 3. The van der Waals surface area contributed by atoms with Crippen LogP contribution in [-0.2, 0) is 9.59 Å². The minimum absolute atomic E-state index is 0. The molecule has 0 aliphatic heterocycles. The lowest BCUT2D eigenvalue weighted by Gasteiger charge is -2.16. The lowest BCUT2D eigenvalue weighted by atomic mass is 10.3. The third-order valence-corrected chi connectivity index (χ3v) is 2.08. The highest BCUT2D eigenvalue weighted by molar-refractivity contribution is 5.85. The van der Waals surface area contributed by atoms with Gasteiger partial charge in [-0.3, -0.25) is 9.59 Å². The van der Waals surface area contributed by atoms with Crippen LogP contribution in [0.5, 0.6) is 0 Å². The molecule has 0 aromatic rings. The van der Waals surface area contributed by atoms with Crippen LogP contribution in [0.15, 0.2) is 0 Å². The Kier molecular flexibility index (Phi) is 10.3. The van der Waals surface area contributed by atoms with Crippen molar-refractivity contribution in [3.05, 3.63) is 0 Å². The van der Waals surface area contributed by atoms with E-state index in [-0.39, 0.29) is 36.8 Å². The van der Waals surface area contributed by atoms with Crippen molar-refractivity contribution in [1.29, 1.82) is 0 Å². The van der Waals surface area contributed by atoms with Gasteiger partial charge in [-0.25, -0.2) is 0 Å². The predicted molar refractivity (Wildman–Crippen MR) is 66.7 cm³/mol. The first-order chi connectivity index (χ1) is 6.97. The van der Waals surface area contributed by atoms with Gasteiger partial charge in [-0.2, -0.15) is 0 Å². The number of amides is 2. The molecule has 0 aromatic carbocycles. The summed E-state index contributed by atoms with van der Waals surface area (Å²) in [6.07, 6.45) is 0. The van der Waals surface area contributed by atoms with Gasteiger partial charge in [-0.15, -0.1) is 12.4 Å². The Morgan fingerprint density at radius 3 is 2.38 bits per heavy atom. The molecule has 96 valence electrons. The molecule has 0 spiro atoms. The first-order valence-corrected chi connectivity index (χ1v) is 5.19. The summed E-state index contributed by atoms with van der Waals surface area (Å²) in [5.41, 5.74) is 0. The zero-order valence-electron chi connectivity index (χ0n) is 10.4. The Labute approximate surface area is 103 Å². The molecule has 0 saturated heterocycles. The Bertz CT molecular complexity index is 224. The number of nitrogens with zero attached hydrogens (tertiary/aromatic N) is 1. The van der Waals surface area contributed by atoms with Crippen molar-refractivity contribution < 1.29 is 9.59 Å². The van der Waals surface area contributed by atoms with Crippen LogP contribution >= 0.6 is 12.4 Å². The van der Waals surface area contributed by atoms with E-state index in [2.05, 4.69) is 10.6 Å². The van der Waals surface area contributed by atoms with Crippen LogP contribution < -0.4 is 10.6 Å². The maximum Gasteiger partial charge on any atom is 0.239 e. The zero-order chi connectivity index (χ0) is 11.8. The van der Waals surface area contributed by atoms with Gasteiger partial charge in [0, 0.05) is 26.6 Å². The largest absolute Gasteiger partial charge is 0.353 e. The summed E-state index contributed by atoms with van der Waals surface area (Å²) in [5, 5.41) is 5.94. The summed E-state index contributed by atoms with van der Waals surface area (Å²) in [6, 6.07) is 0.251. The number of rotatable bonds is 6. The second kappa shape index (κ2) is 9.42. The minimum Gasteiger partial charge on any atom is -0.353 e. The normalized spacial score (nSPS) is 11.2. The van der Waals surface area contributed by atoms with Crippen molar-refractivity contribution in [3.63, 3.8) is 0 Å². The lowest BCUT2D eigenvalue weighted by molar-refractivity contribution is -0.133. The molecule has 0 aliphatic carbocycles. The first kappa shape index (κ1) is 17.6. The van der Waals surface area contributed by atoms with Crippen LogP contribution in [0, 0.1) is 0 Å². The van der Waals surface area contributed by atoms with E-state index in [0.29, 0.717) is 6.54 Å². The van der Waals surface area contributed by atoms with Crippen LogP contribution in [0.1, 0.15) is 20.8 Å². The number of nitrogens with one attached hydrogen (secondary N) is 2. The molecule has 6 heteroatoms. The highest BCUT2D eigenvalue weighted by Crippen LogP contribution is 1.84. The molecule has 0 aromatic heterocycles. The van der Waals surface area contributed by atoms with Crippen LogP contribution in [-0.4, -0.2) is 49.4 Å². The number of carbonyl (C=O) groups is 2. The topological polar surface area (TPSA) is 61.4 Å². The van der Waals surface area contributed by atoms with E-state index in [4.69, 9.17) is 0 Å². The fraction of sp³-hybridized carbons (Fsp3) is 0.800. The molecule has 0 rings (SSSR count). The van der Waals surface area contributed by atoms with Crippen molar-refractivity contribution in [2.75, 3.05) is 26.7 Å². The Morgan fingerprint density at radius 1 is 1.38 bits per heavy atom. The molecular weight excluding hydrogens is 230 g/mol. The summed E-state index contributed by atoms with van der Waals surface area (Å²) in [7, 11) is 1.61. The first-order valence-electron chi connectivity index (χ1n) is 5.19. The van der Waals surface area contributed by atoms with Crippen molar-refractivity contribution >= 4 is 24.2 Å². The van der Waals surface area contributed by atoms with Gasteiger partial charge in [0.2, 0.25) is 11.8 Å². The summed E-state index contributed by atoms with van der Waals surface area (Å²) >= 11 is 0. The van der Waals surface area contributed by atoms with Gasteiger partial charge in [0.15, 0.2) is 0 Å². The average Bonchev–Trinajstić information content (AvgIpc) is 2.15. The third-order valence-electron chi connectivity index (χ3n) is 2.08. The van der Waals surface area contributed by atoms with E-state index >= 15 is 0 Å². The smallest absolute Gasteiger partial charge is 0.239 e. The van der Waals surface area contributed by atoms with Gasteiger partial charge in [-0.05, 0) is 13.5 Å². The lowest BCUT2D eigenvalue weighted by Crippen LogP contribution is -2.43. The van der Waals surface area contributed by atoms with E-state index in [1.54, 1.807) is 7.05 Å². The van der Waals surface area contributed by atoms with E-state index in [1.807, 2.05) is 13.8 Å². The van der Waals surface area contributed by atoms with Crippen molar-refractivity contribution in [2.45, 2.75) is 26.8 Å². The Morgan fingerprint density at radius 2 is 1.94 bits per heavy atom. The third kappa shape index (κ3) is 8.49. The Balaban J connectivity index is 0. The SMILES string of the molecule is CCN[C@H](C)CNC(=O)CN(C)C(C)=O.Cl. The molecule has 2 N–H and O–H groups in total. The van der Waals surface area contributed by atoms with E-state index in [0.717, 1.165) is 6.54 Å². The molecule has 5 nitrogen and oxygen atoms in total. The highest BCUT2D eigenvalue weighted by Gasteiger charge is 2.09. The monoisotopic (exact) mass is 251 g/mol. The molecule has 0 heterocycles. The van der Waals surface area contributed by atoms with Crippen LogP contribution in [0.2, 0.25) is 0 Å². The molecule has 16 heavy (non-hydrogen) atoms. The average molecular weight is 252 g/mol. The molecule has 1 atom stereocenters. The van der Waals surface area contributed by atoms with Crippen molar-refractivity contribution in [1.82, 2.24) is 15.5 Å². The van der Waals surface area contributed by atoms with E-state index in [9.17, 15) is 9.59 Å². The fourth-order valence-electron chi connectivity index (χ4n) is 1.07. The van der Waals surface area contributed by atoms with Crippen LogP contribution in [0.25, 0.3) is 0 Å². The van der Waals surface area contributed by atoms with Crippen LogP contribution in [0.4, 0.5) is 0 Å². The number of carbonyl (C=O) groups excluding carboxylic acids is 2. The van der Waals surface area contributed by atoms with Crippen LogP contribution in [0.3, 0.4) is 0 Å². The number of hydrogen-bond donors (Lipinski definition) is 2. The standard InChI is InChI=1S/C10H21N3O2.ClH/c1-5-11-8(2)6-12-10(15)7-13(4)9(3)14;/h8,11H,5-7H2,1-4H3,(H,12,15);1H/t8-;/m1./s1. The number of likely N-dealkylation sites (N-methyl/N-ethyl adjacent to an activating group) is 2. The van der Waals surface area contributed by atoms with Crippen molar-refractivity contribution in [3.8, 4) is 0 Å². The maximum atomic E-state index is 11.3. The van der Waals surface area contributed by atoms with Gasteiger partial charge >= 0.3 is 0 Å². The summed E-state index contributed by atoms with van der Waals surface area (Å²) < 4.78 is 0. The van der Waals surface area contributed by atoms with Gasteiger partial charge < -0.3 is 15.5 Å². The fourth-order valence-corrected chi connectivity index (χ4v) is 1.07.